The second-order valence-electron chi connectivity index (χ2n) is 12.1. The number of hydrogen-bond donors (Lipinski definition) is 4. The molecule has 0 aliphatic carbocycles. The Labute approximate surface area is 311 Å². The van der Waals surface area contributed by atoms with Crippen molar-refractivity contribution in [3.8, 4) is 11.1 Å². The minimum absolute atomic E-state index is 0.0462. The summed E-state index contributed by atoms with van der Waals surface area (Å²) in [4.78, 5) is 53.1. The fourth-order valence-corrected chi connectivity index (χ4v) is 6.57. The van der Waals surface area contributed by atoms with Crippen molar-refractivity contribution in [3.63, 3.8) is 0 Å². The first-order valence-corrected chi connectivity index (χ1v) is 17.6. The summed E-state index contributed by atoms with van der Waals surface area (Å²) in [5, 5.41) is 17.4. The molecule has 0 bridgehead atoms. The van der Waals surface area contributed by atoms with E-state index >= 15 is 0 Å². The number of anilines is 2. The van der Waals surface area contributed by atoms with Crippen LogP contribution in [0.4, 0.5) is 11.4 Å². The Hall–Kier alpha value is -6.71. The van der Waals surface area contributed by atoms with Crippen LogP contribution in [-0.4, -0.2) is 28.8 Å². The van der Waals surface area contributed by atoms with Crippen molar-refractivity contribution in [3.05, 3.63) is 191 Å². The van der Waals surface area contributed by atoms with Crippen LogP contribution in [0.5, 0.6) is 0 Å². The molecule has 3 amide bonds. The van der Waals surface area contributed by atoms with Gasteiger partial charge in [0.05, 0.1) is 5.56 Å². The molecule has 8 nitrogen and oxygen atoms in total. The van der Waals surface area contributed by atoms with Crippen molar-refractivity contribution in [2.45, 2.75) is 17.1 Å². The standard InChI is InChI=1S/C44H35N3O5S/c1-29-20-23-35(44(51)52)27-38(29)46-43(50)40(33-14-7-3-8-15-33)53-37-19-11-18-36(28-37)45-42(49)39(47-41(48)34-16-9-4-10-17-34)26-30-21-24-32(25-22-30)31-12-5-2-6-13-31/h2-28,40H,1H3,(H,45,49)(H,46,50)(H,47,48)(H,51,52)/b39-26+. The van der Waals surface area contributed by atoms with Gasteiger partial charge in [-0.25, -0.2) is 4.79 Å². The lowest BCUT2D eigenvalue weighted by Crippen LogP contribution is -2.30. The van der Waals surface area contributed by atoms with Crippen LogP contribution in [0.3, 0.4) is 0 Å². The normalized spacial score (nSPS) is 11.6. The zero-order chi connectivity index (χ0) is 37.2. The van der Waals surface area contributed by atoms with E-state index in [1.807, 2.05) is 97.1 Å². The number of carbonyl (C=O) groups excluding carboxylic acids is 3. The molecule has 0 heterocycles. The van der Waals surface area contributed by atoms with Crippen molar-refractivity contribution < 1.29 is 24.3 Å². The molecule has 0 spiro atoms. The Morgan fingerprint density at radius 2 is 1.28 bits per heavy atom. The molecule has 6 aromatic rings. The van der Waals surface area contributed by atoms with Gasteiger partial charge in [-0.1, -0.05) is 115 Å². The molecule has 0 radical (unpaired) electrons. The minimum atomic E-state index is -1.09. The Bertz CT molecular complexity index is 2280. The summed E-state index contributed by atoms with van der Waals surface area (Å²) >= 11 is 1.28. The molecule has 4 N–H and O–H groups in total. The van der Waals surface area contributed by atoms with Crippen molar-refractivity contribution in [1.82, 2.24) is 5.32 Å². The van der Waals surface area contributed by atoms with Gasteiger partial charge < -0.3 is 21.1 Å². The lowest BCUT2D eigenvalue weighted by atomic mass is 10.0. The van der Waals surface area contributed by atoms with Crippen LogP contribution < -0.4 is 16.0 Å². The highest BCUT2D eigenvalue weighted by Gasteiger charge is 2.24. The minimum Gasteiger partial charge on any atom is -0.478 e. The maximum atomic E-state index is 13.8. The van der Waals surface area contributed by atoms with Crippen LogP contribution in [0.15, 0.2) is 168 Å². The molecule has 0 saturated carbocycles. The second-order valence-corrected chi connectivity index (χ2v) is 13.3. The van der Waals surface area contributed by atoms with Gasteiger partial charge >= 0.3 is 5.97 Å². The predicted molar refractivity (Wildman–Crippen MR) is 211 cm³/mol. The molecule has 0 saturated heterocycles. The van der Waals surface area contributed by atoms with E-state index in [0.29, 0.717) is 27.4 Å². The number of benzene rings is 6. The van der Waals surface area contributed by atoms with Crippen molar-refractivity contribution in [2.24, 2.45) is 0 Å². The largest absolute Gasteiger partial charge is 0.478 e. The second kappa shape index (κ2) is 17.0. The van der Waals surface area contributed by atoms with E-state index in [9.17, 15) is 24.3 Å². The summed E-state index contributed by atoms with van der Waals surface area (Å²) in [6.45, 7) is 1.79. The predicted octanol–water partition coefficient (Wildman–Crippen LogP) is 9.24. The van der Waals surface area contributed by atoms with Gasteiger partial charge in [0.1, 0.15) is 10.9 Å². The number of aryl methyl sites for hydroxylation is 1. The summed E-state index contributed by atoms with van der Waals surface area (Å²) < 4.78 is 0. The monoisotopic (exact) mass is 717 g/mol. The third kappa shape index (κ3) is 9.55. The number of hydrogen-bond acceptors (Lipinski definition) is 5. The highest BCUT2D eigenvalue weighted by atomic mass is 32.2. The number of carboxylic acid groups (broad SMARTS) is 1. The van der Waals surface area contributed by atoms with E-state index < -0.39 is 23.0 Å². The average molecular weight is 718 g/mol. The van der Waals surface area contributed by atoms with Crippen LogP contribution in [0, 0.1) is 6.92 Å². The highest BCUT2D eigenvalue weighted by Crippen LogP contribution is 2.37. The number of rotatable bonds is 12. The van der Waals surface area contributed by atoms with Gasteiger partial charge in [0.25, 0.3) is 11.8 Å². The topological polar surface area (TPSA) is 125 Å². The Balaban J connectivity index is 1.24. The molecule has 9 heteroatoms. The van der Waals surface area contributed by atoms with Gasteiger partial charge in [-0.3, -0.25) is 14.4 Å². The number of carboxylic acids is 1. The van der Waals surface area contributed by atoms with E-state index in [2.05, 4.69) is 16.0 Å². The first kappa shape index (κ1) is 36.1. The fraction of sp³-hybridized carbons (Fsp3) is 0.0455. The van der Waals surface area contributed by atoms with Gasteiger partial charge in [0.15, 0.2) is 0 Å². The number of nitrogens with one attached hydrogen (secondary N) is 3. The summed E-state index contributed by atoms with van der Waals surface area (Å²) in [5.74, 6) is -2.40. The van der Waals surface area contributed by atoms with Crippen LogP contribution in [0.1, 0.15) is 42.7 Å². The highest BCUT2D eigenvalue weighted by molar-refractivity contribution is 8.00. The van der Waals surface area contributed by atoms with Crippen LogP contribution >= 0.6 is 11.8 Å². The molecular formula is C44H35N3O5S. The summed E-state index contributed by atoms with van der Waals surface area (Å²) in [7, 11) is 0. The van der Waals surface area contributed by atoms with Crippen LogP contribution in [0.2, 0.25) is 0 Å². The van der Waals surface area contributed by atoms with E-state index in [4.69, 9.17) is 0 Å². The number of amides is 3. The van der Waals surface area contributed by atoms with E-state index in [0.717, 1.165) is 22.3 Å². The Kier molecular flexibility index (Phi) is 11.6. The third-order valence-electron chi connectivity index (χ3n) is 8.29. The first-order chi connectivity index (χ1) is 25.7. The van der Waals surface area contributed by atoms with E-state index in [1.165, 1.54) is 23.9 Å². The zero-order valence-corrected chi connectivity index (χ0v) is 29.5. The molecule has 0 fully saturated rings. The van der Waals surface area contributed by atoms with Crippen molar-refractivity contribution >= 4 is 52.9 Å². The number of aromatic carboxylic acids is 1. The molecule has 0 aromatic heterocycles. The first-order valence-electron chi connectivity index (χ1n) is 16.7. The Morgan fingerprint density at radius 1 is 0.642 bits per heavy atom. The smallest absolute Gasteiger partial charge is 0.335 e. The SMILES string of the molecule is Cc1ccc(C(=O)O)cc1NC(=O)C(Sc1cccc(NC(=O)/C(=C\c2ccc(-c3ccccc3)cc2)NC(=O)c2ccccc2)c1)c1ccccc1. The average Bonchev–Trinajstić information content (AvgIpc) is 3.18. The van der Waals surface area contributed by atoms with Crippen LogP contribution in [-0.2, 0) is 9.59 Å². The fourth-order valence-electron chi connectivity index (χ4n) is 5.48. The maximum Gasteiger partial charge on any atom is 0.335 e. The molecule has 6 aromatic carbocycles. The molecule has 1 unspecified atom stereocenters. The number of carbonyl (C=O) groups is 4. The summed E-state index contributed by atoms with van der Waals surface area (Å²) in [5.41, 5.74) is 5.63. The summed E-state index contributed by atoms with van der Waals surface area (Å²) in [6, 6.07) is 47.2. The third-order valence-corrected chi connectivity index (χ3v) is 9.53. The molecule has 0 aliphatic heterocycles. The zero-order valence-electron chi connectivity index (χ0n) is 28.7. The quantitative estimate of drug-likeness (QED) is 0.0739. The lowest BCUT2D eigenvalue weighted by Gasteiger charge is -2.19. The van der Waals surface area contributed by atoms with Gasteiger partial charge in [-0.05, 0) is 83.3 Å². The van der Waals surface area contributed by atoms with Crippen LogP contribution in [0.25, 0.3) is 17.2 Å². The molecule has 53 heavy (non-hydrogen) atoms. The number of thioether (sulfide) groups is 1. The van der Waals surface area contributed by atoms with Crippen molar-refractivity contribution in [2.75, 3.05) is 10.6 Å². The maximum absolute atomic E-state index is 13.8. The van der Waals surface area contributed by atoms with Gasteiger partial charge in [-0.2, -0.15) is 0 Å². The molecular weight excluding hydrogens is 683 g/mol. The summed E-state index contributed by atoms with van der Waals surface area (Å²) in [6.07, 6.45) is 1.63. The molecule has 6 rings (SSSR count). The van der Waals surface area contributed by atoms with Gasteiger partial charge in [0.2, 0.25) is 5.91 Å². The molecule has 262 valence electrons. The molecule has 0 aliphatic rings. The van der Waals surface area contributed by atoms with E-state index in [1.54, 1.807) is 61.5 Å². The van der Waals surface area contributed by atoms with E-state index in [-0.39, 0.29) is 17.2 Å². The van der Waals surface area contributed by atoms with Gasteiger partial charge in [0, 0.05) is 21.8 Å². The molecule has 1 atom stereocenters. The Morgan fingerprint density at radius 3 is 1.96 bits per heavy atom. The van der Waals surface area contributed by atoms with Crippen molar-refractivity contribution in [1.29, 1.82) is 0 Å². The lowest BCUT2D eigenvalue weighted by molar-refractivity contribution is -0.116. The van der Waals surface area contributed by atoms with Gasteiger partial charge in [-0.15, -0.1) is 11.8 Å².